The molecule has 5 heteroatoms. The first-order valence-corrected chi connectivity index (χ1v) is 7.04. The molecule has 1 aliphatic carbocycles. The summed E-state index contributed by atoms with van der Waals surface area (Å²) >= 11 is 1.44. The highest BCUT2D eigenvalue weighted by molar-refractivity contribution is 7.09. The molecule has 17 heavy (non-hydrogen) atoms. The molecule has 1 aromatic rings. The molecule has 0 aliphatic heterocycles. The minimum absolute atomic E-state index is 0.0797. The largest absolute Gasteiger partial charge is 0.351 e. The fourth-order valence-electron chi connectivity index (χ4n) is 1.69. The Balaban J connectivity index is 1.73. The van der Waals surface area contributed by atoms with Crippen LogP contribution in [0.4, 0.5) is 0 Å². The van der Waals surface area contributed by atoms with Crippen LogP contribution < -0.4 is 11.1 Å². The van der Waals surface area contributed by atoms with Crippen LogP contribution in [-0.4, -0.2) is 17.4 Å². The molecule has 0 aromatic carbocycles. The maximum atomic E-state index is 11.7. The molecule has 0 spiro atoms. The number of carbonyl (C=O) groups is 1. The SMILES string of the molecule is CC(N)c1nc(C(=O)NCCCC2CC2)cs1. The van der Waals surface area contributed by atoms with Gasteiger partial charge in [-0.25, -0.2) is 4.98 Å². The van der Waals surface area contributed by atoms with E-state index < -0.39 is 0 Å². The Bertz CT molecular complexity index is 385. The van der Waals surface area contributed by atoms with Gasteiger partial charge in [0.2, 0.25) is 0 Å². The zero-order valence-electron chi connectivity index (χ0n) is 10.1. The van der Waals surface area contributed by atoms with E-state index in [9.17, 15) is 4.79 Å². The predicted molar refractivity (Wildman–Crippen MR) is 69.0 cm³/mol. The van der Waals surface area contributed by atoms with Crippen LogP contribution in [0, 0.1) is 5.92 Å². The van der Waals surface area contributed by atoms with Gasteiger partial charge in [-0.3, -0.25) is 4.79 Å². The zero-order valence-corrected chi connectivity index (χ0v) is 10.9. The van der Waals surface area contributed by atoms with Gasteiger partial charge < -0.3 is 11.1 Å². The van der Waals surface area contributed by atoms with E-state index >= 15 is 0 Å². The van der Waals surface area contributed by atoms with Crippen LogP contribution in [-0.2, 0) is 0 Å². The fourth-order valence-corrected chi connectivity index (χ4v) is 2.45. The number of nitrogens with one attached hydrogen (secondary N) is 1. The molecule has 1 unspecified atom stereocenters. The van der Waals surface area contributed by atoms with Crippen LogP contribution >= 0.6 is 11.3 Å². The molecule has 1 atom stereocenters. The molecule has 0 saturated heterocycles. The molecule has 1 aromatic heterocycles. The maximum absolute atomic E-state index is 11.7. The van der Waals surface area contributed by atoms with Crippen LogP contribution in [0.2, 0.25) is 0 Å². The van der Waals surface area contributed by atoms with Crippen molar-refractivity contribution < 1.29 is 4.79 Å². The van der Waals surface area contributed by atoms with E-state index in [1.54, 1.807) is 5.38 Å². The predicted octanol–water partition coefficient (Wildman–Crippen LogP) is 2.08. The minimum Gasteiger partial charge on any atom is -0.351 e. The number of amides is 1. The van der Waals surface area contributed by atoms with Crippen molar-refractivity contribution >= 4 is 17.2 Å². The smallest absolute Gasteiger partial charge is 0.270 e. The molecular weight excluding hydrogens is 234 g/mol. The number of thiazole rings is 1. The molecule has 94 valence electrons. The fraction of sp³-hybridized carbons (Fsp3) is 0.667. The van der Waals surface area contributed by atoms with Gasteiger partial charge in [0.05, 0.1) is 6.04 Å². The summed E-state index contributed by atoms with van der Waals surface area (Å²) < 4.78 is 0. The lowest BCUT2D eigenvalue weighted by atomic mass is 10.2. The third-order valence-electron chi connectivity index (χ3n) is 2.92. The van der Waals surface area contributed by atoms with E-state index in [1.165, 1.54) is 30.6 Å². The standard InChI is InChI=1S/C12H19N3OS/c1-8(13)12-15-10(7-17-12)11(16)14-6-2-3-9-4-5-9/h7-9H,2-6,13H2,1H3,(H,14,16). The number of aromatic nitrogens is 1. The summed E-state index contributed by atoms with van der Waals surface area (Å²) in [5, 5.41) is 5.48. The minimum atomic E-state index is -0.101. The lowest BCUT2D eigenvalue weighted by molar-refractivity contribution is 0.0948. The summed E-state index contributed by atoms with van der Waals surface area (Å²) in [6.07, 6.45) is 5.05. The van der Waals surface area contributed by atoms with Crippen molar-refractivity contribution in [3.63, 3.8) is 0 Å². The Morgan fingerprint density at radius 2 is 2.47 bits per heavy atom. The van der Waals surface area contributed by atoms with Gasteiger partial charge in [0.1, 0.15) is 10.7 Å². The molecule has 1 heterocycles. The second-order valence-corrected chi connectivity index (χ2v) is 5.59. The van der Waals surface area contributed by atoms with Crippen LogP contribution in [0.5, 0.6) is 0 Å². The second-order valence-electron chi connectivity index (χ2n) is 4.70. The number of nitrogens with zero attached hydrogens (tertiary/aromatic N) is 1. The van der Waals surface area contributed by atoms with E-state index in [4.69, 9.17) is 5.73 Å². The van der Waals surface area contributed by atoms with E-state index in [0.717, 1.165) is 23.9 Å². The summed E-state index contributed by atoms with van der Waals surface area (Å²) in [6.45, 7) is 2.62. The number of nitrogens with two attached hydrogens (primary N) is 1. The number of hydrogen-bond acceptors (Lipinski definition) is 4. The van der Waals surface area contributed by atoms with E-state index in [0.29, 0.717) is 5.69 Å². The van der Waals surface area contributed by atoms with Gasteiger partial charge in [-0.05, 0) is 25.7 Å². The molecule has 2 rings (SSSR count). The number of rotatable bonds is 6. The van der Waals surface area contributed by atoms with Crippen LogP contribution in [0.3, 0.4) is 0 Å². The van der Waals surface area contributed by atoms with E-state index in [1.807, 2.05) is 6.92 Å². The van der Waals surface area contributed by atoms with Gasteiger partial charge in [0, 0.05) is 11.9 Å². The third-order valence-corrected chi connectivity index (χ3v) is 3.96. The Labute approximate surface area is 106 Å². The van der Waals surface area contributed by atoms with Crippen molar-refractivity contribution in [1.29, 1.82) is 0 Å². The van der Waals surface area contributed by atoms with Crippen molar-refractivity contribution in [2.75, 3.05) is 6.54 Å². The lowest BCUT2D eigenvalue weighted by Crippen LogP contribution is -2.25. The first-order valence-electron chi connectivity index (χ1n) is 6.16. The van der Waals surface area contributed by atoms with E-state index in [2.05, 4.69) is 10.3 Å². The first kappa shape index (κ1) is 12.5. The molecule has 0 bridgehead atoms. The van der Waals surface area contributed by atoms with Crippen molar-refractivity contribution in [3.8, 4) is 0 Å². The van der Waals surface area contributed by atoms with Gasteiger partial charge >= 0.3 is 0 Å². The Morgan fingerprint density at radius 3 is 3.06 bits per heavy atom. The Hall–Kier alpha value is -0.940. The first-order chi connectivity index (χ1) is 8.16. The molecular formula is C12H19N3OS. The summed E-state index contributed by atoms with van der Waals surface area (Å²) in [4.78, 5) is 16.0. The van der Waals surface area contributed by atoms with Crippen molar-refractivity contribution in [1.82, 2.24) is 10.3 Å². The van der Waals surface area contributed by atoms with Gasteiger partial charge in [-0.15, -0.1) is 11.3 Å². The number of hydrogen-bond donors (Lipinski definition) is 2. The van der Waals surface area contributed by atoms with Crippen molar-refractivity contribution in [2.24, 2.45) is 11.7 Å². The average molecular weight is 253 g/mol. The molecule has 1 aliphatic rings. The second kappa shape index (κ2) is 5.60. The summed E-state index contributed by atoms with van der Waals surface area (Å²) in [5.41, 5.74) is 6.20. The van der Waals surface area contributed by atoms with E-state index in [-0.39, 0.29) is 11.9 Å². The summed E-state index contributed by atoms with van der Waals surface area (Å²) in [5.74, 6) is 0.847. The maximum Gasteiger partial charge on any atom is 0.270 e. The molecule has 3 N–H and O–H groups in total. The quantitative estimate of drug-likeness (QED) is 0.763. The Morgan fingerprint density at radius 1 is 1.71 bits per heavy atom. The average Bonchev–Trinajstić information content (AvgIpc) is 2.97. The van der Waals surface area contributed by atoms with Crippen LogP contribution in [0.15, 0.2) is 5.38 Å². The molecule has 0 radical (unpaired) electrons. The topological polar surface area (TPSA) is 68.0 Å². The van der Waals surface area contributed by atoms with Crippen LogP contribution in [0.25, 0.3) is 0 Å². The van der Waals surface area contributed by atoms with Crippen LogP contribution in [0.1, 0.15) is 54.1 Å². The monoisotopic (exact) mass is 253 g/mol. The highest BCUT2D eigenvalue weighted by Crippen LogP contribution is 2.33. The zero-order chi connectivity index (χ0) is 12.3. The molecule has 1 fully saturated rings. The highest BCUT2D eigenvalue weighted by Gasteiger charge is 2.20. The lowest BCUT2D eigenvalue weighted by Gasteiger charge is -2.02. The van der Waals surface area contributed by atoms with Gasteiger partial charge in [-0.2, -0.15) is 0 Å². The van der Waals surface area contributed by atoms with Gasteiger partial charge in [0.25, 0.3) is 5.91 Å². The van der Waals surface area contributed by atoms with Gasteiger partial charge in [-0.1, -0.05) is 12.8 Å². The van der Waals surface area contributed by atoms with Crippen molar-refractivity contribution in [2.45, 2.75) is 38.6 Å². The molecule has 1 amide bonds. The Kier molecular flexibility index (Phi) is 4.12. The number of carbonyl (C=O) groups excluding carboxylic acids is 1. The normalized spacial score (nSPS) is 16.8. The summed E-state index contributed by atoms with van der Waals surface area (Å²) in [6, 6.07) is -0.101. The summed E-state index contributed by atoms with van der Waals surface area (Å²) in [7, 11) is 0. The van der Waals surface area contributed by atoms with Gasteiger partial charge in [0.15, 0.2) is 0 Å². The molecule has 4 nitrogen and oxygen atoms in total. The third kappa shape index (κ3) is 3.78. The highest BCUT2D eigenvalue weighted by atomic mass is 32.1. The van der Waals surface area contributed by atoms with Crippen molar-refractivity contribution in [3.05, 3.63) is 16.1 Å². The molecule has 1 saturated carbocycles.